The Balaban J connectivity index is 1.79. The molecule has 2 amide bonds. The lowest BCUT2D eigenvalue weighted by atomic mass is 10.1. The first-order chi connectivity index (χ1) is 13.5. The number of amides is 2. The van der Waals surface area contributed by atoms with Gasteiger partial charge in [-0.05, 0) is 36.0 Å². The fraction of sp³-hybridized carbons (Fsp3) is 0.182. The smallest absolute Gasteiger partial charge is 0.286 e. The van der Waals surface area contributed by atoms with Crippen LogP contribution in [0.5, 0.6) is 0 Å². The summed E-state index contributed by atoms with van der Waals surface area (Å²) in [6.45, 7) is 2.02. The number of anilines is 1. The van der Waals surface area contributed by atoms with Crippen LogP contribution in [-0.2, 0) is 11.2 Å². The Hall–Kier alpha value is -2.99. The number of thioether (sulfide) groups is 1. The molecule has 0 bridgehead atoms. The zero-order valence-corrected chi connectivity index (χ0v) is 16.9. The summed E-state index contributed by atoms with van der Waals surface area (Å²) in [5.74, 6) is 0.579. The SMILES string of the molecule is CCc1oc2ccccc2c1/C=C/C(=O)Nc1ccccc1SC(=O)N(C)C. The number of nitrogens with zero attached hydrogens (tertiary/aromatic N) is 1. The van der Waals surface area contributed by atoms with Crippen molar-refractivity contribution in [1.82, 2.24) is 4.90 Å². The molecule has 3 rings (SSSR count). The van der Waals surface area contributed by atoms with E-state index in [2.05, 4.69) is 5.32 Å². The second kappa shape index (κ2) is 8.80. The maximum absolute atomic E-state index is 12.5. The fourth-order valence-corrected chi connectivity index (χ4v) is 3.49. The van der Waals surface area contributed by atoms with Crippen molar-refractivity contribution in [2.75, 3.05) is 19.4 Å². The minimum Gasteiger partial charge on any atom is -0.460 e. The van der Waals surface area contributed by atoms with E-state index in [1.807, 2.05) is 49.4 Å². The second-order valence-electron chi connectivity index (χ2n) is 6.37. The molecule has 0 spiro atoms. The summed E-state index contributed by atoms with van der Waals surface area (Å²) in [6.07, 6.45) is 4.01. The molecule has 0 saturated heterocycles. The van der Waals surface area contributed by atoms with Crippen molar-refractivity contribution in [2.45, 2.75) is 18.2 Å². The van der Waals surface area contributed by atoms with Gasteiger partial charge in [0, 0.05) is 42.4 Å². The van der Waals surface area contributed by atoms with Gasteiger partial charge in [-0.15, -0.1) is 0 Å². The predicted molar refractivity (Wildman–Crippen MR) is 115 cm³/mol. The first kappa shape index (κ1) is 19.8. The lowest BCUT2D eigenvalue weighted by Crippen LogP contribution is -2.16. The number of nitrogens with one attached hydrogen (secondary N) is 1. The average molecular weight is 394 g/mol. The third-order valence-corrected chi connectivity index (χ3v) is 5.26. The Morgan fingerprint density at radius 1 is 1.11 bits per heavy atom. The van der Waals surface area contributed by atoms with Crippen LogP contribution in [0.3, 0.4) is 0 Å². The van der Waals surface area contributed by atoms with E-state index >= 15 is 0 Å². The standard InChI is InChI=1S/C22H22N2O3S/c1-4-18-16(15-9-5-7-11-19(15)27-18)13-14-21(25)23-17-10-6-8-12-20(17)28-22(26)24(2)3/h5-14H,4H2,1-3H3,(H,23,25)/b14-13+. The minimum atomic E-state index is -0.266. The Bertz CT molecular complexity index is 1040. The topological polar surface area (TPSA) is 62.6 Å². The number of fused-ring (bicyclic) bond motifs is 1. The summed E-state index contributed by atoms with van der Waals surface area (Å²) in [5.41, 5.74) is 2.33. The zero-order valence-electron chi connectivity index (χ0n) is 16.1. The average Bonchev–Trinajstić information content (AvgIpc) is 3.05. The van der Waals surface area contributed by atoms with Crippen LogP contribution in [0.4, 0.5) is 10.5 Å². The van der Waals surface area contributed by atoms with Gasteiger partial charge in [0.2, 0.25) is 5.91 Å². The molecule has 2 aromatic carbocycles. The predicted octanol–water partition coefficient (Wildman–Crippen LogP) is 5.42. The van der Waals surface area contributed by atoms with Gasteiger partial charge in [0.15, 0.2) is 0 Å². The largest absolute Gasteiger partial charge is 0.460 e. The van der Waals surface area contributed by atoms with Crippen LogP contribution in [0, 0.1) is 0 Å². The number of hydrogen-bond donors (Lipinski definition) is 1. The molecule has 0 aliphatic carbocycles. The fourth-order valence-electron chi connectivity index (χ4n) is 2.74. The first-order valence-corrected chi connectivity index (χ1v) is 9.79. The van der Waals surface area contributed by atoms with E-state index in [-0.39, 0.29) is 11.1 Å². The second-order valence-corrected chi connectivity index (χ2v) is 7.36. The van der Waals surface area contributed by atoms with Gasteiger partial charge in [0.25, 0.3) is 5.24 Å². The highest BCUT2D eigenvalue weighted by atomic mass is 32.2. The van der Waals surface area contributed by atoms with Gasteiger partial charge in [0.1, 0.15) is 11.3 Å². The number of hydrogen-bond acceptors (Lipinski definition) is 4. The zero-order chi connectivity index (χ0) is 20.1. The van der Waals surface area contributed by atoms with Crippen molar-refractivity contribution in [3.05, 3.63) is 65.9 Å². The van der Waals surface area contributed by atoms with E-state index in [0.29, 0.717) is 10.6 Å². The van der Waals surface area contributed by atoms with Crippen LogP contribution in [0.25, 0.3) is 17.0 Å². The first-order valence-electron chi connectivity index (χ1n) is 8.97. The number of carbonyl (C=O) groups excluding carboxylic acids is 2. The van der Waals surface area contributed by atoms with Crippen LogP contribution >= 0.6 is 11.8 Å². The summed E-state index contributed by atoms with van der Waals surface area (Å²) < 4.78 is 5.86. The molecule has 0 atom stereocenters. The highest BCUT2D eigenvalue weighted by Crippen LogP contribution is 2.29. The van der Waals surface area contributed by atoms with Crippen molar-refractivity contribution in [1.29, 1.82) is 0 Å². The highest BCUT2D eigenvalue weighted by Gasteiger charge is 2.13. The number of rotatable bonds is 5. The van der Waals surface area contributed by atoms with Gasteiger partial charge < -0.3 is 14.6 Å². The summed E-state index contributed by atoms with van der Waals surface area (Å²) in [7, 11) is 3.39. The Labute approximate surface area is 168 Å². The maximum Gasteiger partial charge on any atom is 0.286 e. The van der Waals surface area contributed by atoms with Crippen molar-refractivity contribution in [2.24, 2.45) is 0 Å². The van der Waals surface area contributed by atoms with E-state index < -0.39 is 0 Å². The van der Waals surface area contributed by atoms with Gasteiger partial charge in [-0.1, -0.05) is 37.3 Å². The highest BCUT2D eigenvalue weighted by molar-refractivity contribution is 8.13. The number of benzene rings is 2. The Morgan fingerprint density at radius 2 is 1.82 bits per heavy atom. The van der Waals surface area contributed by atoms with Crippen molar-refractivity contribution < 1.29 is 14.0 Å². The van der Waals surface area contributed by atoms with Gasteiger partial charge in [0.05, 0.1) is 5.69 Å². The molecule has 0 unspecified atom stereocenters. The Kier molecular flexibility index (Phi) is 6.21. The summed E-state index contributed by atoms with van der Waals surface area (Å²) >= 11 is 1.08. The molecule has 0 fully saturated rings. The summed E-state index contributed by atoms with van der Waals surface area (Å²) in [5, 5.41) is 3.74. The molecule has 1 heterocycles. The molecule has 0 aliphatic heterocycles. The third kappa shape index (κ3) is 4.46. The maximum atomic E-state index is 12.5. The van der Waals surface area contributed by atoms with Crippen LogP contribution in [0.2, 0.25) is 0 Å². The molecule has 0 radical (unpaired) electrons. The van der Waals surface area contributed by atoms with Crippen molar-refractivity contribution >= 4 is 45.6 Å². The van der Waals surface area contributed by atoms with Gasteiger partial charge in [-0.3, -0.25) is 9.59 Å². The number of furan rings is 1. The van der Waals surface area contributed by atoms with E-state index in [1.165, 1.54) is 11.0 Å². The number of aryl methyl sites for hydroxylation is 1. The quantitative estimate of drug-likeness (QED) is 0.463. The van der Waals surface area contributed by atoms with Crippen LogP contribution in [0.1, 0.15) is 18.2 Å². The number of carbonyl (C=O) groups is 2. The molecule has 0 aliphatic rings. The van der Waals surface area contributed by atoms with E-state index in [0.717, 1.165) is 40.5 Å². The summed E-state index contributed by atoms with van der Waals surface area (Å²) in [6, 6.07) is 15.0. The normalized spacial score (nSPS) is 11.1. The minimum absolute atomic E-state index is 0.102. The molecule has 5 nitrogen and oxygen atoms in total. The molecule has 1 aromatic heterocycles. The third-order valence-electron chi connectivity index (χ3n) is 4.14. The lowest BCUT2D eigenvalue weighted by molar-refractivity contribution is -0.111. The lowest BCUT2D eigenvalue weighted by Gasteiger charge is -2.12. The van der Waals surface area contributed by atoms with Gasteiger partial charge in [-0.25, -0.2) is 0 Å². The summed E-state index contributed by atoms with van der Waals surface area (Å²) in [4.78, 5) is 26.7. The molecule has 28 heavy (non-hydrogen) atoms. The van der Waals surface area contributed by atoms with Crippen LogP contribution in [-0.4, -0.2) is 30.1 Å². The van der Waals surface area contributed by atoms with Crippen LogP contribution in [0.15, 0.2) is 63.9 Å². The van der Waals surface area contributed by atoms with E-state index in [1.54, 1.807) is 26.2 Å². The van der Waals surface area contributed by atoms with Crippen LogP contribution < -0.4 is 5.32 Å². The molecular formula is C22H22N2O3S. The van der Waals surface area contributed by atoms with E-state index in [4.69, 9.17) is 4.42 Å². The molecule has 0 saturated carbocycles. The molecule has 3 aromatic rings. The molecular weight excluding hydrogens is 372 g/mol. The molecule has 144 valence electrons. The van der Waals surface area contributed by atoms with Crippen molar-refractivity contribution in [3.8, 4) is 0 Å². The van der Waals surface area contributed by atoms with Gasteiger partial charge >= 0.3 is 0 Å². The monoisotopic (exact) mass is 394 g/mol. The van der Waals surface area contributed by atoms with Gasteiger partial charge in [-0.2, -0.15) is 0 Å². The molecule has 1 N–H and O–H groups in total. The van der Waals surface area contributed by atoms with E-state index in [9.17, 15) is 9.59 Å². The number of para-hydroxylation sites is 2. The van der Waals surface area contributed by atoms with Crippen molar-refractivity contribution in [3.63, 3.8) is 0 Å². The Morgan fingerprint density at radius 3 is 2.57 bits per heavy atom. The molecule has 6 heteroatoms.